The minimum atomic E-state index is 0. The lowest BCUT2D eigenvalue weighted by atomic mass is 10.2. The second kappa shape index (κ2) is 5.85. The summed E-state index contributed by atoms with van der Waals surface area (Å²) in [7, 11) is 0. The Kier molecular flexibility index (Phi) is 4.98. The summed E-state index contributed by atoms with van der Waals surface area (Å²) in [4.78, 5) is 2.42. The van der Waals surface area contributed by atoms with Gasteiger partial charge in [-0.05, 0) is 27.2 Å². The van der Waals surface area contributed by atoms with Crippen LogP contribution in [0.1, 0.15) is 37.6 Å². The second-order valence-electron chi connectivity index (χ2n) is 5.10. The van der Waals surface area contributed by atoms with E-state index in [1.807, 2.05) is 4.68 Å². The number of likely N-dealkylation sites (tertiary alicyclic amines) is 1. The molecule has 1 saturated heterocycles. The normalized spacial score (nSPS) is 20.9. The Morgan fingerprint density at radius 3 is 2.71 bits per heavy atom. The number of nitrogens with two attached hydrogens (primary N) is 1. The van der Waals surface area contributed by atoms with Gasteiger partial charge < -0.3 is 5.73 Å². The molecule has 2 heterocycles. The van der Waals surface area contributed by atoms with Crippen molar-refractivity contribution in [3.05, 3.63) is 17.5 Å². The van der Waals surface area contributed by atoms with Gasteiger partial charge in [-0.1, -0.05) is 0 Å². The summed E-state index contributed by atoms with van der Waals surface area (Å²) in [6.07, 6.45) is 3.29. The Bertz CT molecular complexity index is 361. The van der Waals surface area contributed by atoms with E-state index in [2.05, 4.69) is 37.0 Å². The van der Waals surface area contributed by atoms with E-state index in [4.69, 9.17) is 5.73 Å². The van der Waals surface area contributed by atoms with Gasteiger partial charge in [0.05, 0.1) is 5.69 Å². The summed E-state index contributed by atoms with van der Waals surface area (Å²) in [5.41, 5.74) is 8.39. The fourth-order valence-electron chi connectivity index (χ4n) is 2.19. The number of aromatic nitrogens is 2. The van der Waals surface area contributed by atoms with Gasteiger partial charge in [-0.25, -0.2) is 0 Å². The highest BCUT2D eigenvalue weighted by Gasteiger charge is 2.20. The molecule has 17 heavy (non-hydrogen) atoms. The molecule has 0 amide bonds. The van der Waals surface area contributed by atoms with E-state index in [1.54, 1.807) is 0 Å². The van der Waals surface area contributed by atoms with Crippen molar-refractivity contribution in [1.29, 1.82) is 0 Å². The summed E-state index contributed by atoms with van der Waals surface area (Å²) >= 11 is 0. The molecule has 1 aliphatic rings. The van der Waals surface area contributed by atoms with Crippen molar-refractivity contribution in [2.75, 3.05) is 13.1 Å². The fourth-order valence-corrected chi connectivity index (χ4v) is 2.19. The summed E-state index contributed by atoms with van der Waals surface area (Å²) in [6.45, 7) is 9.53. The summed E-state index contributed by atoms with van der Waals surface area (Å²) in [5, 5.41) is 4.53. The monoisotopic (exact) mass is 258 g/mol. The number of hydrogen-bond acceptors (Lipinski definition) is 3. The van der Waals surface area contributed by atoms with Crippen molar-refractivity contribution in [3.63, 3.8) is 0 Å². The van der Waals surface area contributed by atoms with Crippen LogP contribution in [0.25, 0.3) is 0 Å². The maximum absolute atomic E-state index is 5.91. The van der Waals surface area contributed by atoms with Crippen LogP contribution in [0.4, 0.5) is 0 Å². The largest absolute Gasteiger partial charge is 0.326 e. The molecule has 0 radical (unpaired) electrons. The third-order valence-corrected chi connectivity index (χ3v) is 3.25. The molecule has 0 spiro atoms. The van der Waals surface area contributed by atoms with Crippen LogP contribution in [0.15, 0.2) is 6.20 Å². The lowest BCUT2D eigenvalue weighted by Crippen LogP contribution is -2.26. The minimum absolute atomic E-state index is 0. The number of aryl methyl sites for hydroxylation is 1. The fraction of sp³-hybridized carbons (Fsp3) is 0.750. The molecule has 1 atom stereocenters. The van der Waals surface area contributed by atoms with Crippen LogP contribution in [0.5, 0.6) is 0 Å². The number of halogens is 1. The highest BCUT2D eigenvalue weighted by molar-refractivity contribution is 5.85. The van der Waals surface area contributed by atoms with Gasteiger partial charge in [0, 0.05) is 43.5 Å². The zero-order valence-corrected chi connectivity index (χ0v) is 11.7. The van der Waals surface area contributed by atoms with Crippen LogP contribution in [-0.4, -0.2) is 33.8 Å². The predicted octanol–water partition coefficient (Wildman–Crippen LogP) is 1.73. The molecule has 0 unspecified atom stereocenters. The molecule has 2 N–H and O–H groups in total. The molecule has 2 rings (SSSR count). The third-order valence-electron chi connectivity index (χ3n) is 3.25. The van der Waals surface area contributed by atoms with E-state index in [9.17, 15) is 0 Å². The van der Waals surface area contributed by atoms with Crippen LogP contribution >= 0.6 is 12.4 Å². The van der Waals surface area contributed by atoms with Gasteiger partial charge in [0.15, 0.2) is 0 Å². The molecule has 0 bridgehead atoms. The average Bonchev–Trinajstić information content (AvgIpc) is 2.75. The first-order valence-electron chi connectivity index (χ1n) is 6.09. The van der Waals surface area contributed by atoms with Crippen molar-refractivity contribution in [3.8, 4) is 0 Å². The van der Waals surface area contributed by atoms with Gasteiger partial charge in [-0.2, -0.15) is 5.10 Å². The third kappa shape index (κ3) is 3.44. The smallest absolute Gasteiger partial charge is 0.0638 e. The highest BCUT2D eigenvalue weighted by atomic mass is 35.5. The maximum Gasteiger partial charge on any atom is 0.0638 e. The van der Waals surface area contributed by atoms with Gasteiger partial charge in [0.2, 0.25) is 0 Å². The lowest BCUT2D eigenvalue weighted by molar-refractivity contribution is 0.326. The summed E-state index contributed by atoms with van der Waals surface area (Å²) in [5.74, 6) is 0. The SMILES string of the molecule is Cc1nn(C(C)C)cc1CN1CC[C@@H](N)C1.Cl. The van der Waals surface area contributed by atoms with E-state index in [0.29, 0.717) is 12.1 Å². The molecule has 98 valence electrons. The topological polar surface area (TPSA) is 47.1 Å². The van der Waals surface area contributed by atoms with E-state index in [1.165, 1.54) is 5.56 Å². The Morgan fingerprint density at radius 2 is 2.24 bits per heavy atom. The first-order valence-corrected chi connectivity index (χ1v) is 6.09. The molecule has 0 aliphatic carbocycles. The van der Waals surface area contributed by atoms with Gasteiger partial charge >= 0.3 is 0 Å². The Morgan fingerprint density at radius 1 is 1.53 bits per heavy atom. The van der Waals surface area contributed by atoms with Crippen LogP contribution < -0.4 is 5.73 Å². The number of hydrogen-bond donors (Lipinski definition) is 1. The van der Waals surface area contributed by atoms with Crippen molar-refractivity contribution >= 4 is 12.4 Å². The number of rotatable bonds is 3. The first-order chi connectivity index (χ1) is 7.56. The first kappa shape index (κ1) is 14.5. The van der Waals surface area contributed by atoms with Crippen molar-refractivity contribution in [1.82, 2.24) is 14.7 Å². The van der Waals surface area contributed by atoms with Crippen LogP contribution in [-0.2, 0) is 6.54 Å². The molecule has 1 fully saturated rings. The van der Waals surface area contributed by atoms with Crippen molar-refractivity contribution < 1.29 is 0 Å². The standard InChI is InChI=1S/C12H22N4.ClH/c1-9(2)16-7-11(10(3)14-16)6-15-5-4-12(13)8-15;/h7,9,12H,4-6,8,13H2,1-3H3;1H/t12-;/m1./s1. The van der Waals surface area contributed by atoms with Crippen LogP contribution in [0, 0.1) is 6.92 Å². The van der Waals surface area contributed by atoms with Gasteiger partial charge in [-0.3, -0.25) is 9.58 Å². The van der Waals surface area contributed by atoms with Crippen molar-refractivity contribution in [2.45, 2.75) is 45.8 Å². The molecule has 1 aliphatic heterocycles. The van der Waals surface area contributed by atoms with Gasteiger partial charge in [0.25, 0.3) is 0 Å². The molecule has 1 aromatic rings. The van der Waals surface area contributed by atoms with E-state index in [-0.39, 0.29) is 12.4 Å². The molecule has 1 aromatic heterocycles. The molecule has 5 heteroatoms. The van der Waals surface area contributed by atoms with Crippen molar-refractivity contribution in [2.24, 2.45) is 5.73 Å². The average molecular weight is 259 g/mol. The molecular formula is C12H23ClN4. The van der Waals surface area contributed by atoms with Gasteiger partial charge in [-0.15, -0.1) is 12.4 Å². The molecule has 4 nitrogen and oxygen atoms in total. The summed E-state index contributed by atoms with van der Waals surface area (Å²) in [6, 6.07) is 0.800. The predicted molar refractivity (Wildman–Crippen MR) is 72.5 cm³/mol. The number of nitrogens with zero attached hydrogens (tertiary/aromatic N) is 3. The molecule has 0 saturated carbocycles. The summed E-state index contributed by atoms with van der Waals surface area (Å²) < 4.78 is 2.04. The van der Waals surface area contributed by atoms with E-state index in [0.717, 1.165) is 31.7 Å². The lowest BCUT2D eigenvalue weighted by Gasteiger charge is -2.14. The van der Waals surface area contributed by atoms with E-state index < -0.39 is 0 Å². The van der Waals surface area contributed by atoms with Crippen LogP contribution in [0.2, 0.25) is 0 Å². The Hall–Kier alpha value is -0.580. The zero-order valence-electron chi connectivity index (χ0n) is 10.9. The zero-order chi connectivity index (χ0) is 11.7. The Balaban J connectivity index is 0.00000144. The second-order valence-corrected chi connectivity index (χ2v) is 5.10. The van der Waals surface area contributed by atoms with Crippen LogP contribution in [0.3, 0.4) is 0 Å². The van der Waals surface area contributed by atoms with E-state index >= 15 is 0 Å². The quantitative estimate of drug-likeness (QED) is 0.898. The molecular weight excluding hydrogens is 236 g/mol. The highest BCUT2D eigenvalue weighted by Crippen LogP contribution is 2.16. The molecule has 0 aromatic carbocycles. The van der Waals surface area contributed by atoms with Gasteiger partial charge in [0.1, 0.15) is 0 Å². The minimum Gasteiger partial charge on any atom is -0.326 e. The Labute approximate surface area is 110 Å². The maximum atomic E-state index is 5.91.